The quantitative estimate of drug-likeness (QED) is 0.0268. The lowest BCUT2D eigenvalue weighted by Crippen LogP contribution is -2.59. The van der Waals surface area contributed by atoms with E-state index in [-0.39, 0.29) is 19.2 Å². The number of esters is 1. The van der Waals surface area contributed by atoms with Crippen LogP contribution < -0.4 is 0 Å². The third-order valence-electron chi connectivity index (χ3n) is 11.2. The van der Waals surface area contributed by atoms with E-state index >= 15 is 0 Å². The molecule has 4 N–H and O–H groups in total. The van der Waals surface area contributed by atoms with Gasteiger partial charge in [0.1, 0.15) is 30.5 Å². The molecule has 9 heteroatoms. The zero-order chi connectivity index (χ0) is 47.8. The molecule has 1 heterocycles. The summed E-state index contributed by atoms with van der Waals surface area (Å²) in [4.78, 5) is 12.9. The maximum Gasteiger partial charge on any atom is 0.306 e. The molecule has 0 spiro atoms. The summed E-state index contributed by atoms with van der Waals surface area (Å²) >= 11 is 0. The summed E-state index contributed by atoms with van der Waals surface area (Å²) in [6.07, 6.45) is 59.8. The van der Waals surface area contributed by atoms with Gasteiger partial charge in [-0.3, -0.25) is 4.79 Å². The van der Waals surface area contributed by atoms with E-state index in [4.69, 9.17) is 18.9 Å². The van der Waals surface area contributed by atoms with E-state index in [1.165, 1.54) is 64.2 Å². The Morgan fingerprint density at radius 3 is 1.32 bits per heavy atom. The molecular formula is C57H94O9. The Morgan fingerprint density at radius 2 is 0.879 bits per heavy atom. The molecule has 1 aliphatic rings. The predicted molar refractivity (Wildman–Crippen MR) is 274 cm³/mol. The van der Waals surface area contributed by atoms with Gasteiger partial charge < -0.3 is 39.4 Å². The average Bonchev–Trinajstić information content (AvgIpc) is 3.32. The smallest absolute Gasteiger partial charge is 0.306 e. The van der Waals surface area contributed by atoms with Crippen LogP contribution in [0.5, 0.6) is 0 Å². The summed E-state index contributed by atoms with van der Waals surface area (Å²) in [7, 11) is 0. The van der Waals surface area contributed by atoms with Gasteiger partial charge >= 0.3 is 5.97 Å². The maximum atomic E-state index is 12.9. The molecule has 0 aromatic rings. The van der Waals surface area contributed by atoms with Crippen LogP contribution in [0.4, 0.5) is 0 Å². The monoisotopic (exact) mass is 923 g/mol. The molecule has 1 aliphatic heterocycles. The van der Waals surface area contributed by atoms with Crippen molar-refractivity contribution in [1.82, 2.24) is 0 Å². The number of hydrogen-bond acceptors (Lipinski definition) is 9. The molecule has 0 amide bonds. The lowest BCUT2D eigenvalue weighted by atomic mass is 9.99. The SMILES string of the molecule is CC/C=C\C/C=C\C/C=C\C/C=C\C/C=C\CCCCOCC(COC1OC(CO)C(O)C(O)C1O)OC(=O)CCCCCCCCCCCCCC/C=C\C/C=C\C/C=C\C/C=C\CC. The van der Waals surface area contributed by atoms with Gasteiger partial charge in [0.05, 0.1) is 19.8 Å². The van der Waals surface area contributed by atoms with E-state index in [9.17, 15) is 25.2 Å². The van der Waals surface area contributed by atoms with Gasteiger partial charge in [0, 0.05) is 13.0 Å². The van der Waals surface area contributed by atoms with Crippen LogP contribution in [0.2, 0.25) is 0 Å². The van der Waals surface area contributed by atoms with Crippen LogP contribution >= 0.6 is 0 Å². The first-order valence-electron chi connectivity index (χ1n) is 26.0. The second-order valence-corrected chi connectivity index (χ2v) is 17.2. The number of ether oxygens (including phenoxy) is 4. The van der Waals surface area contributed by atoms with Crippen molar-refractivity contribution in [3.8, 4) is 0 Å². The number of aliphatic hydroxyl groups excluding tert-OH is 4. The van der Waals surface area contributed by atoms with Gasteiger partial charge in [-0.05, 0) is 96.3 Å². The minimum absolute atomic E-state index is 0.108. The van der Waals surface area contributed by atoms with Crippen molar-refractivity contribution >= 4 is 5.97 Å². The summed E-state index contributed by atoms with van der Waals surface area (Å²) in [6.45, 7) is 4.21. The Labute approximate surface area is 402 Å². The topological polar surface area (TPSA) is 135 Å². The van der Waals surface area contributed by atoms with Crippen molar-refractivity contribution in [1.29, 1.82) is 0 Å². The van der Waals surface area contributed by atoms with Crippen LogP contribution in [0.1, 0.15) is 181 Å². The highest BCUT2D eigenvalue weighted by Gasteiger charge is 2.44. The Balaban J connectivity index is 2.23. The molecule has 0 aromatic carbocycles. The highest BCUT2D eigenvalue weighted by molar-refractivity contribution is 5.69. The fourth-order valence-electron chi connectivity index (χ4n) is 7.21. The molecule has 66 heavy (non-hydrogen) atoms. The predicted octanol–water partition coefficient (Wildman–Crippen LogP) is 12.9. The number of carbonyl (C=O) groups excluding carboxylic acids is 1. The van der Waals surface area contributed by atoms with Crippen molar-refractivity contribution in [2.24, 2.45) is 0 Å². The highest BCUT2D eigenvalue weighted by atomic mass is 16.7. The van der Waals surface area contributed by atoms with Crippen LogP contribution in [0.3, 0.4) is 0 Å². The third-order valence-corrected chi connectivity index (χ3v) is 11.2. The molecule has 376 valence electrons. The van der Waals surface area contributed by atoms with Gasteiger partial charge in [-0.15, -0.1) is 0 Å². The van der Waals surface area contributed by atoms with E-state index in [1.807, 2.05) is 0 Å². The van der Waals surface area contributed by atoms with Crippen molar-refractivity contribution in [2.75, 3.05) is 26.4 Å². The van der Waals surface area contributed by atoms with Crippen LogP contribution in [0.25, 0.3) is 0 Å². The van der Waals surface area contributed by atoms with Gasteiger partial charge in [-0.1, -0.05) is 187 Å². The van der Waals surface area contributed by atoms with E-state index in [0.717, 1.165) is 96.3 Å². The number of carbonyl (C=O) groups is 1. The number of aliphatic hydroxyl groups is 4. The second-order valence-electron chi connectivity index (χ2n) is 17.2. The molecule has 0 bridgehead atoms. The number of hydrogen-bond donors (Lipinski definition) is 4. The molecule has 0 radical (unpaired) electrons. The molecule has 1 rings (SSSR count). The van der Waals surface area contributed by atoms with E-state index in [1.54, 1.807) is 0 Å². The largest absolute Gasteiger partial charge is 0.457 e. The summed E-state index contributed by atoms with van der Waals surface area (Å²) < 4.78 is 22.8. The zero-order valence-electron chi connectivity index (χ0n) is 41.4. The van der Waals surface area contributed by atoms with Crippen molar-refractivity contribution in [3.63, 3.8) is 0 Å². The summed E-state index contributed by atoms with van der Waals surface area (Å²) in [5.41, 5.74) is 0. The van der Waals surface area contributed by atoms with Crippen molar-refractivity contribution in [2.45, 2.75) is 218 Å². The van der Waals surface area contributed by atoms with Gasteiger partial charge in [0.25, 0.3) is 0 Å². The third kappa shape index (κ3) is 36.9. The molecule has 6 unspecified atom stereocenters. The minimum atomic E-state index is -1.55. The summed E-state index contributed by atoms with van der Waals surface area (Å²) in [5, 5.41) is 40.3. The molecule has 1 saturated heterocycles. The fourth-order valence-corrected chi connectivity index (χ4v) is 7.21. The van der Waals surface area contributed by atoms with Gasteiger partial charge in [0.2, 0.25) is 0 Å². The zero-order valence-corrected chi connectivity index (χ0v) is 41.4. The standard InChI is InChI=1S/C57H94O9/c1-3-5-7-9-11-13-15-17-19-21-23-24-25-26-27-28-29-30-32-34-36-38-40-42-44-46-53(59)65-51(50-64-57-56(62)55(61)54(60)52(48-58)66-57)49-63-47-45-43-41-39-37-35-33-31-22-20-18-16-14-12-10-8-6-4-2/h5-8,11-14,17-20,23-24,31,33,37,39,51-52,54-58,60-62H,3-4,9-10,15-16,21-22,25-30,32,34-36,38,40-50H2,1-2H3/b7-5-,8-6-,13-11-,14-12-,19-17-,20-18-,24-23-,33-31-,39-37-. The first-order valence-corrected chi connectivity index (χ1v) is 26.0. The van der Waals surface area contributed by atoms with Crippen LogP contribution in [0, 0.1) is 0 Å². The highest BCUT2D eigenvalue weighted by Crippen LogP contribution is 2.22. The molecular weight excluding hydrogens is 829 g/mol. The van der Waals surface area contributed by atoms with Crippen LogP contribution in [0.15, 0.2) is 109 Å². The lowest BCUT2D eigenvalue weighted by Gasteiger charge is -2.39. The molecule has 1 fully saturated rings. The van der Waals surface area contributed by atoms with Gasteiger partial charge in [-0.2, -0.15) is 0 Å². The van der Waals surface area contributed by atoms with E-state index in [2.05, 4.69) is 123 Å². The van der Waals surface area contributed by atoms with Gasteiger partial charge in [-0.25, -0.2) is 0 Å². The Hall–Kier alpha value is -3.15. The molecule has 6 atom stereocenters. The first-order chi connectivity index (χ1) is 32.4. The minimum Gasteiger partial charge on any atom is -0.457 e. The van der Waals surface area contributed by atoms with E-state index < -0.39 is 43.4 Å². The number of allylic oxidation sites excluding steroid dienone is 18. The molecule has 9 nitrogen and oxygen atoms in total. The van der Waals surface area contributed by atoms with Crippen molar-refractivity contribution < 1.29 is 44.2 Å². The number of rotatable bonds is 43. The normalized spacial score (nSPS) is 20.2. The Morgan fingerprint density at radius 1 is 0.485 bits per heavy atom. The van der Waals surface area contributed by atoms with Crippen molar-refractivity contribution in [3.05, 3.63) is 109 Å². The lowest BCUT2D eigenvalue weighted by molar-refractivity contribution is -0.305. The maximum absolute atomic E-state index is 12.9. The number of unbranched alkanes of at least 4 members (excludes halogenated alkanes) is 14. The fraction of sp³-hybridized carbons (Fsp3) is 0.667. The molecule has 0 saturated carbocycles. The van der Waals surface area contributed by atoms with E-state index in [0.29, 0.717) is 13.0 Å². The molecule has 0 aliphatic carbocycles. The van der Waals surface area contributed by atoms with Crippen LogP contribution in [-0.2, 0) is 23.7 Å². The second kappa shape index (κ2) is 46.9. The molecule has 0 aromatic heterocycles. The average molecular weight is 923 g/mol. The first kappa shape index (κ1) is 60.9. The summed E-state index contributed by atoms with van der Waals surface area (Å²) in [6, 6.07) is 0. The summed E-state index contributed by atoms with van der Waals surface area (Å²) in [5.74, 6) is -0.335. The Kier molecular flexibility index (Phi) is 43.3. The van der Waals surface area contributed by atoms with Crippen LogP contribution in [-0.4, -0.2) is 89.6 Å². The Bertz CT molecular complexity index is 1370. The van der Waals surface area contributed by atoms with Gasteiger partial charge in [0.15, 0.2) is 6.29 Å².